The molecule has 0 aliphatic carbocycles. The van der Waals surface area contributed by atoms with Crippen LogP contribution in [0.2, 0.25) is 0 Å². The van der Waals surface area contributed by atoms with E-state index in [9.17, 15) is 13.2 Å². The summed E-state index contributed by atoms with van der Waals surface area (Å²) in [4.78, 5) is 1.10. The standard InChI is InChI=1S/C15H22F3NS/c1-3-10-19-13(8-9-15(16,17)18)11-20-14-6-4-12(2)5-7-14/h4-7,13,19H,3,8-11H2,1-2H3. The van der Waals surface area contributed by atoms with Crippen molar-refractivity contribution in [1.82, 2.24) is 5.32 Å². The topological polar surface area (TPSA) is 12.0 Å². The van der Waals surface area contributed by atoms with Crippen LogP contribution in [0.1, 0.15) is 31.7 Å². The highest BCUT2D eigenvalue weighted by atomic mass is 32.2. The molecule has 0 aromatic heterocycles. The zero-order chi connectivity index (χ0) is 15.0. The molecule has 1 atom stereocenters. The Balaban J connectivity index is 2.44. The molecular weight excluding hydrogens is 283 g/mol. The first-order valence-corrected chi connectivity index (χ1v) is 7.89. The van der Waals surface area contributed by atoms with Crippen molar-refractivity contribution in [2.75, 3.05) is 12.3 Å². The Morgan fingerprint density at radius 3 is 2.40 bits per heavy atom. The predicted molar refractivity (Wildman–Crippen MR) is 79.3 cm³/mol. The van der Waals surface area contributed by atoms with Gasteiger partial charge in [0.15, 0.2) is 0 Å². The van der Waals surface area contributed by atoms with Gasteiger partial charge < -0.3 is 5.32 Å². The van der Waals surface area contributed by atoms with Gasteiger partial charge >= 0.3 is 6.18 Å². The number of hydrogen-bond acceptors (Lipinski definition) is 2. The van der Waals surface area contributed by atoms with Crippen LogP contribution in [-0.2, 0) is 0 Å². The van der Waals surface area contributed by atoms with Crippen molar-refractivity contribution in [3.05, 3.63) is 29.8 Å². The lowest BCUT2D eigenvalue weighted by molar-refractivity contribution is -0.136. The molecule has 0 saturated heterocycles. The van der Waals surface area contributed by atoms with E-state index >= 15 is 0 Å². The molecule has 114 valence electrons. The van der Waals surface area contributed by atoms with Crippen molar-refractivity contribution >= 4 is 11.8 Å². The molecule has 0 radical (unpaired) electrons. The summed E-state index contributed by atoms with van der Waals surface area (Å²) in [5, 5.41) is 3.20. The van der Waals surface area contributed by atoms with E-state index in [4.69, 9.17) is 0 Å². The van der Waals surface area contributed by atoms with Crippen molar-refractivity contribution < 1.29 is 13.2 Å². The third-order valence-electron chi connectivity index (χ3n) is 2.93. The molecule has 5 heteroatoms. The quantitative estimate of drug-likeness (QED) is 0.693. The van der Waals surface area contributed by atoms with Gasteiger partial charge in [-0.2, -0.15) is 13.2 Å². The number of rotatable bonds is 8. The smallest absolute Gasteiger partial charge is 0.313 e. The summed E-state index contributed by atoms with van der Waals surface area (Å²) < 4.78 is 36.9. The lowest BCUT2D eigenvalue weighted by Crippen LogP contribution is -2.33. The van der Waals surface area contributed by atoms with Crippen LogP contribution in [0.4, 0.5) is 13.2 Å². The van der Waals surface area contributed by atoms with Gasteiger partial charge in [-0.1, -0.05) is 24.6 Å². The lowest BCUT2D eigenvalue weighted by atomic mass is 10.2. The first-order chi connectivity index (χ1) is 9.40. The largest absolute Gasteiger partial charge is 0.389 e. The number of benzene rings is 1. The first-order valence-electron chi connectivity index (χ1n) is 6.90. The molecule has 0 amide bonds. The minimum atomic E-state index is -4.07. The minimum absolute atomic E-state index is 0.0946. The van der Waals surface area contributed by atoms with E-state index in [1.807, 2.05) is 38.1 Å². The molecule has 0 saturated carbocycles. The van der Waals surface area contributed by atoms with Crippen molar-refractivity contribution in [3.63, 3.8) is 0 Å². The van der Waals surface area contributed by atoms with Crippen LogP contribution in [0.15, 0.2) is 29.2 Å². The van der Waals surface area contributed by atoms with Crippen molar-refractivity contribution in [2.45, 2.75) is 50.2 Å². The molecule has 1 aromatic carbocycles. The Hall–Kier alpha value is -0.680. The molecule has 0 fully saturated rings. The Bertz CT molecular complexity index is 376. The highest BCUT2D eigenvalue weighted by molar-refractivity contribution is 7.99. The molecule has 0 bridgehead atoms. The highest BCUT2D eigenvalue weighted by Gasteiger charge is 2.28. The third kappa shape index (κ3) is 7.80. The number of hydrogen-bond donors (Lipinski definition) is 1. The second kappa shape index (κ2) is 8.57. The van der Waals surface area contributed by atoms with E-state index in [2.05, 4.69) is 5.32 Å². The van der Waals surface area contributed by atoms with Gasteiger partial charge in [0.25, 0.3) is 0 Å². The molecule has 0 spiro atoms. The molecule has 1 rings (SSSR count). The highest BCUT2D eigenvalue weighted by Crippen LogP contribution is 2.25. The SMILES string of the molecule is CCCNC(CCC(F)(F)F)CSc1ccc(C)cc1. The third-order valence-corrected chi connectivity index (χ3v) is 4.11. The van der Waals surface area contributed by atoms with Gasteiger partial charge in [-0.15, -0.1) is 11.8 Å². The Morgan fingerprint density at radius 1 is 1.20 bits per heavy atom. The van der Waals surface area contributed by atoms with Crippen LogP contribution in [0.25, 0.3) is 0 Å². The van der Waals surface area contributed by atoms with E-state index in [-0.39, 0.29) is 12.5 Å². The molecule has 20 heavy (non-hydrogen) atoms. The van der Waals surface area contributed by atoms with E-state index in [0.717, 1.165) is 17.9 Å². The van der Waals surface area contributed by atoms with E-state index in [1.165, 1.54) is 5.56 Å². The van der Waals surface area contributed by atoms with Gasteiger partial charge in [-0.25, -0.2) is 0 Å². The molecule has 0 heterocycles. The zero-order valence-electron chi connectivity index (χ0n) is 12.0. The van der Waals surface area contributed by atoms with Crippen LogP contribution in [0, 0.1) is 6.92 Å². The van der Waals surface area contributed by atoms with E-state index < -0.39 is 12.6 Å². The average Bonchev–Trinajstić information content (AvgIpc) is 2.38. The number of alkyl halides is 3. The molecule has 0 aliphatic heterocycles. The van der Waals surface area contributed by atoms with Gasteiger partial charge in [-0.05, 0) is 38.4 Å². The Kier molecular flexibility index (Phi) is 7.45. The Morgan fingerprint density at radius 2 is 1.85 bits per heavy atom. The first kappa shape index (κ1) is 17.4. The summed E-state index contributed by atoms with van der Waals surface area (Å²) in [6.45, 7) is 4.79. The zero-order valence-corrected chi connectivity index (χ0v) is 12.8. The number of halogens is 3. The van der Waals surface area contributed by atoms with Crippen LogP contribution >= 0.6 is 11.8 Å². The van der Waals surface area contributed by atoms with Crippen LogP contribution in [0.5, 0.6) is 0 Å². The molecule has 1 aromatic rings. The fourth-order valence-electron chi connectivity index (χ4n) is 1.76. The number of thioether (sulfide) groups is 1. The van der Waals surface area contributed by atoms with Gasteiger partial charge in [-0.3, -0.25) is 0 Å². The van der Waals surface area contributed by atoms with Crippen molar-refractivity contribution in [3.8, 4) is 0 Å². The van der Waals surface area contributed by atoms with Crippen LogP contribution in [-0.4, -0.2) is 24.5 Å². The molecule has 1 N–H and O–H groups in total. The summed E-state index contributed by atoms with van der Waals surface area (Å²) >= 11 is 1.61. The van der Waals surface area contributed by atoms with Gasteiger partial charge in [0.2, 0.25) is 0 Å². The summed E-state index contributed by atoms with van der Waals surface area (Å²) in [7, 11) is 0. The molecule has 0 aliphatic rings. The maximum absolute atomic E-state index is 12.3. The van der Waals surface area contributed by atoms with E-state index in [1.54, 1.807) is 11.8 Å². The predicted octanol–water partition coefficient (Wildman–Crippen LogP) is 4.80. The molecule has 1 unspecified atom stereocenters. The number of nitrogens with one attached hydrogen (secondary N) is 1. The second-order valence-corrected chi connectivity index (χ2v) is 6.02. The molecular formula is C15H22F3NS. The number of aryl methyl sites for hydroxylation is 1. The maximum atomic E-state index is 12.3. The summed E-state index contributed by atoms with van der Waals surface area (Å²) in [6.07, 6.45) is -3.72. The van der Waals surface area contributed by atoms with E-state index in [0.29, 0.717) is 5.75 Å². The fraction of sp³-hybridized carbons (Fsp3) is 0.600. The maximum Gasteiger partial charge on any atom is 0.389 e. The normalized spacial score (nSPS) is 13.4. The summed E-state index contributed by atoms with van der Waals surface area (Å²) in [5.41, 5.74) is 1.19. The average molecular weight is 305 g/mol. The van der Waals surface area contributed by atoms with Crippen molar-refractivity contribution in [1.29, 1.82) is 0 Å². The lowest BCUT2D eigenvalue weighted by Gasteiger charge is -2.19. The fourth-order valence-corrected chi connectivity index (χ4v) is 2.77. The van der Waals surface area contributed by atoms with Gasteiger partial charge in [0.05, 0.1) is 0 Å². The monoisotopic (exact) mass is 305 g/mol. The van der Waals surface area contributed by atoms with Gasteiger partial charge in [0.1, 0.15) is 0 Å². The Labute approximate surface area is 123 Å². The summed E-state index contributed by atoms with van der Waals surface area (Å²) in [6, 6.07) is 7.98. The molecule has 1 nitrogen and oxygen atoms in total. The van der Waals surface area contributed by atoms with Crippen LogP contribution < -0.4 is 5.32 Å². The van der Waals surface area contributed by atoms with Crippen LogP contribution in [0.3, 0.4) is 0 Å². The summed E-state index contributed by atoms with van der Waals surface area (Å²) in [5.74, 6) is 0.666. The second-order valence-electron chi connectivity index (χ2n) is 4.93. The minimum Gasteiger partial charge on any atom is -0.313 e. The van der Waals surface area contributed by atoms with Gasteiger partial charge in [0, 0.05) is 23.1 Å². The van der Waals surface area contributed by atoms with Crippen molar-refractivity contribution in [2.24, 2.45) is 0 Å².